The van der Waals surface area contributed by atoms with Crippen LogP contribution in [0, 0.1) is 0 Å². The summed E-state index contributed by atoms with van der Waals surface area (Å²) in [6, 6.07) is 6.31. The molecule has 1 rings (SSSR count). The minimum absolute atomic E-state index is 0.322. The summed E-state index contributed by atoms with van der Waals surface area (Å²) in [6.07, 6.45) is -7.95. The molecule has 0 saturated heterocycles. The van der Waals surface area contributed by atoms with Crippen LogP contribution >= 0.6 is 15.9 Å². The maximum atomic E-state index is 11.9. The van der Waals surface area contributed by atoms with E-state index < -0.39 is 30.8 Å². The van der Waals surface area contributed by atoms with Crippen LogP contribution in [0.25, 0.3) is 0 Å². The van der Waals surface area contributed by atoms with E-state index in [1.165, 1.54) is 17.4 Å². The van der Waals surface area contributed by atoms with Crippen LogP contribution in [-0.4, -0.2) is 34.9 Å². The Hall–Kier alpha value is -1.12. The second-order valence-corrected chi connectivity index (χ2v) is 4.69. The summed E-state index contributed by atoms with van der Waals surface area (Å²) in [5.41, 5.74) is 0.322. The van der Waals surface area contributed by atoms with Crippen LogP contribution in [0.2, 0.25) is 0 Å². The molecular weight excluding hydrogens is 331 g/mol. The number of hydrogen-bond acceptors (Lipinski definition) is 3. The van der Waals surface area contributed by atoms with Gasteiger partial charge in [0.1, 0.15) is 12.2 Å². The highest BCUT2D eigenvalue weighted by Gasteiger charge is 2.38. The van der Waals surface area contributed by atoms with Crippen molar-refractivity contribution in [3.05, 3.63) is 34.3 Å². The molecule has 0 spiro atoms. The Kier molecular flexibility index (Phi) is 5.33. The number of aliphatic hydroxyl groups is 2. The predicted molar refractivity (Wildman–Crippen MR) is 64.2 cm³/mol. The average Bonchev–Trinajstić information content (AvgIpc) is 2.33. The number of halogens is 4. The molecule has 1 aromatic carbocycles. The van der Waals surface area contributed by atoms with Crippen molar-refractivity contribution in [3.8, 4) is 0 Å². The molecule has 1 amide bonds. The van der Waals surface area contributed by atoms with Gasteiger partial charge in [0.2, 0.25) is 0 Å². The molecule has 1 aromatic rings. The van der Waals surface area contributed by atoms with Crippen molar-refractivity contribution in [2.24, 2.45) is 0 Å². The van der Waals surface area contributed by atoms with Crippen molar-refractivity contribution in [1.29, 1.82) is 0 Å². The third kappa shape index (κ3) is 4.81. The van der Waals surface area contributed by atoms with Gasteiger partial charge in [-0.25, -0.2) is 0 Å². The molecule has 19 heavy (non-hydrogen) atoms. The minimum atomic E-state index is -5.01. The second kappa shape index (κ2) is 6.36. The minimum Gasteiger partial charge on any atom is -0.388 e. The first kappa shape index (κ1) is 15.9. The van der Waals surface area contributed by atoms with Gasteiger partial charge in [-0.3, -0.25) is 4.79 Å². The summed E-state index contributed by atoms with van der Waals surface area (Å²) in [5.74, 6) is -2.16. The summed E-state index contributed by atoms with van der Waals surface area (Å²) < 4.78 is 36.4. The molecule has 0 aromatic heterocycles. The number of carbonyl (C=O) groups is 1. The number of rotatable bonds is 4. The molecule has 0 fully saturated rings. The van der Waals surface area contributed by atoms with Gasteiger partial charge < -0.3 is 15.5 Å². The standard InChI is InChI=1S/C11H11BrF3NO3/c12-7-3-1-2-6(4-7)9(18)8(17)5-16-10(19)11(13,14)15/h1-4,8-9,17-18H,5H2,(H,16,19)/t8-,9-/m1/s1. The highest BCUT2D eigenvalue weighted by atomic mass is 79.9. The molecule has 0 bridgehead atoms. The fraction of sp³-hybridized carbons (Fsp3) is 0.364. The van der Waals surface area contributed by atoms with Crippen LogP contribution < -0.4 is 5.32 Å². The molecule has 0 unspecified atom stereocenters. The lowest BCUT2D eigenvalue weighted by atomic mass is 10.0. The molecule has 0 radical (unpaired) electrons. The Balaban J connectivity index is 2.59. The highest BCUT2D eigenvalue weighted by Crippen LogP contribution is 2.21. The number of benzene rings is 1. The van der Waals surface area contributed by atoms with E-state index in [4.69, 9.17) is 0 Å². The number of nitrogens with one attached hydrogen (secondary N) is 1. The SMILES string of the molecule is O=C(NC[C@@H](O)[C@H](O)c1cccc(Br)c1)C(F)(F)F. The van der Waals surface area contributed by atoms with Crippen LogP contribution in [0.5, 0.6) is 0 Å². The number of carbonyl (C=O) groups excluding carboxylic acids is 1. The zero-order valence-corrected chi connectivity index (χ0v) is 11.1. The fourth-order valence-corrected chi connectivity index (χ4v) is 1.74. The van der Waals surface area contributed by atoms with Crippen molar-refractivity contribution >= 4 is 21.8 Å². The van der Waals surface area contributed by atoms with Crippen molar-refractivity contribution < 1.29 is 28.2 Å². The van der Waals surface area contributed by atoms with Crippen molar-refractivity contribution in [2.45, 2.75) is 18.4 Å². The van der Waals surface area contributed by atoms with Crippen LogP contribution in [0.3, 0.4) is 0 Å². The zero-order valence-electron chi connectivity index (χ0n) is 9.49. The summed E-state index contributed by atoms with van der Waals surface area (Å²) in [4.78, 5) is 10.5. The second-order valence-electron chi connectivity index (χ2n) is 3.77. The number of alkyl halides is 3. The summed E-state index contributed by atoms with van der Waals surface area (Å²) in [5, 5.41) is 20.8. The number of amides is 1. The molecular formula is C11H11BrF3NO3. The molecule has 106 valence electrons. The molecule has 0 heterocycles. The van der Waals surface area contributed by atoms with Gasteiger partial charge in [0.25, 0.3) is 0 Å². The third-order valence-corrected chi connectivity index (χ3v) is 2.78. The molecule has 0 aliphatic carbocycles. The number of hydrogen-bond donors (Lipinski definition) is 3. The van der Waals surface area contributed by atoms with Crippen molar-refractivity contribution in [3.63, 3.8) is 0 Å². The highest BCUT2D eigenvalue weighted by molar-refractivity contribution is 9.10. The Morgan fingerprint density at radius 1 is 1.37 bits per heavy atom. The average molecular weight is 342 g/mol. The summed E-state index contributed by atoms with van der Waals surface area (Å²) in [6.45, 7) is -0.702. The van der Waals surface area contributed by atoms with Gasteiger partial charge >= 0.3 is 12.1 Å². The molecule has 0 aliphatic heterocycles. The lowest BCUT2D eigenvalue weighted by Gasteiger charge is -2.19. The van der Waals surface area contributed by atoms with Crippen molar-refractivity contribution in [1.82, 2.24) is 5.32 Å². The number of aliphatic hydroxyl groups excluding tert-OH is 2. The Labute approximate surface area is 115 Å². The molecule has 2 atom stereocenters. The van der Waals surface area contributed by atoms with E-state index in [1.807, 2.05) is 0 Å². The first-order valence-corrected chi connectivity index (χ1v) is 5.97. The van der Waals surface area contributed by atoms with E-state index in [0.717, 1.165) is 0 Å². The van der Waals surface area contributed by atoms with Gasteiger partial charge in [-0.2, -0.15) is 13.2 Å². The summed E-state index contributed by atoms with van der Waals surface area (Å²) >= 11 is 3.16. The Bertz CT molecular complexity index is 453. The van der Waals surface area contributed by atoms with Crippen LogP contribution in [0.4, 0.5) is 13.2 Å². The van der Waals surface area contributed by atoms with Gasteiger partial charge in [-0.05, 0) is 17.7 Å². The largest absolute Gasteiger partial charge is 0.471 e. The van der Waals surface area contributed by atoms with Crippen LogP contribution in [0.1, 0.15) is 11.7 Å². The monoisotopic (exact) mass is 341 g/mol. The maximum absolute atomic E-state index is 11.9. The molecule has 8 heteroatoms. The van der Waals surface area contributed by atoms with E-state index in [0.29, 0.717) is 10.0 Å². The summed E-state index contributed by atoms with van der Waals surface area (Å²) in [7, 11) is 0. The van der Waals surface area contributed by atoms with E-state index in [2.05, 4.69) is 15.9 Å². The van der Waals surface area contributed by atoms with Gasteiger partial charge in [0.05, 0.1) is 0 Å². The topological polar surface area (TPSA) is 69.6 Å². The first-order chi connectivity index (χ1) is 8.71. The van der Waals surface area contributed by atoms with E-state index in [9.17, 15) is 28.2 Å². The molecule has 4 nitrogen and oxygen atoms in total. The lowest BCUT2D eigenvalue weighted by molar-refractivity contribution is -0.174. The van der Waals surface area contributed by atoms with E-state index in [-0.39, 0.29) is 0 Å². The maximum Gasteiger partial charge on any atom is 0.471 e. The van der Waals surface area contributed by atoms with Gasteiger partial charge in [0, 0.05) is 11.0 Å². The van der Waals surface area contributed by atoms with E-state index in [1.54, 1.807) is 12.1 Å². The zero-order chi connectivity index (χ0) is 14.6. The Morgan fingerprint density at radius 2 is 2.00 bits per heavy atom. The lowest BCUT2D eigenvalue weighted by Crippen LogP contribution is -2.42. The quantitative estimate of drug-likeness (QED) is 0.777. The van der Waals surface area contributed by atoms with Gasteiger partial charge in [-0.15, -0.1) is 0 Å². The smallest absolute Gasteiger partial charge is 0.388 e. The fourth-order valence-electron chi connectivity index (χ4n) is 1.32. The molecule has 0 aliphatic rings. The van der Waals surface area contributed by atoms with Crippen LogP contribution in [0.15, 0.2) is 28.7 Å². The van der Waals surface area contributed by atoms with Gasteiger partial charge in [-0.1, -0.05) is 28.1 Å². The first-order valence-electron chi connectivity index (χ1n) is 5.18. The van der Waals surface area contributed by atoms with E-state index >= 15 is 0 Å². The Morgan fingerprint density at radius 3 is 2.53 bits per heavy atom. The predicted octanol–water partition coefficient (Wildman–Crippen LogP) is 1.52. The normalized spacial score (nSPS) is 14.8. The molecule has 0 saturated carbocycles. The van der Waals surface area contributed by atoms with Gasteiger partial charge in [0.15, 0.2) is 0 Å². The third-order valence-electron chi connectivity index (χ3n) is 2.28. The van der Waals surface area contributed by atoms with Crippen LogP contribution in [-0.2, 0) is 4.79 Å². The molecule has 3 N–H and O–H groups in total. The van der Waals surface area contributed by atoms with Crippen molar-refractivity contribution in [2.75, 3.05) is 6.54 Å².